The fourth-order valence-corrected chi connectivity index (χ4v) is 1.69. The topological polar surface area (TPSA) is 107 Å². The molecular formula is C15H23N3O3. The largest absolute Gasteiger partial charge is 0.491 e. The van der Waals surface area contributed by atoms with Crippen LogP contribution in [-0.4, -0.2) is 24.5 Å². The molecule has 6 heteroatoms. The summed E-state index contributed by atoms with van der Waals surface area (Å²) in [6.45, 7) is 4.08. The van der Waals surface area contributed by atoms with E-state index in [-0.39, 0.29) is 24.9 Å². The standard InChI is InChI=1S/C15H23N3O3/c1-3-10(2)14(17)15(20)18-11-6-4-5-7-12(11)21-9-8-13(16)19/h4-7,10,14H,3,8-9,17H2,1-2H3,(H2,16,19)(H,18,20). The highest BCUT2D eigenvalue weighted by Crippen LogP contribution is 2.24. The maximum Gasteiger partial charge on any atom is 0.241 e. The van der Waals surface area contributed by atoms with Crippen LogP contribution >= 0.6 is 0 Å². The number of primary amides is 1. The van der Waals surface area contributed by atoms with Gasteiger partial charge in [0, 0.05) is 0 Å². The van der Waals surface area contributed by atoms with Crippen LogP contribution in [0.25, 0.3) is 0 Å². The first-order valence-electron chi connectivity index (χ1n) is 7.02. The van der Waals surface area contributed by atoms with Gasteiger partial charge in [-0.25, -0.2) is 0 Å². The van der Waals surface area contributed by atoms with Crippen molar-refractivity contribution >= 4 is 17.5 Å². The number of carbonyl (C=O) groups is 2. The van der Waals surface area contributed by atoms with E-state index in [0.717, 1.165) is 6.42 Å². The summed E-state index contributed by atoms with van der Waals surface area (Å²) in [6, 6.07) is 6.43. The molecule has 1 rings (SSSR count). The molecule has 5 N–H and O–H groups in total. The third-order valence-corrected chi connectivity index (χ3v) is 3.31. The average molecular weight is 293 g/mol. The molecule has 2 unspecified atom stereocenters. The number of hydrogen-bond acceptors (Lipinski definition) is 4. The molecule has 116 valence electrons. The van der Waals surface area contributed by atoms with Crippen molar-refractivity contribution in [3.05, 3.63) is 24.3 Å². The van der Waals surface area contributed by atoms with Crippen molar-refractivity contribution in [2.75, 3.05) is 11.9 Å². The Hall–Kier alpha value is -2.08. The van der Waals surface area contributed by atoms with Crippen LogP contribution in [0.3, 0.4) is 0 Å². The molecule has 0 aliphatic heterocycles. The van der Waals surface area contributed by atoms with Crippen LogP contribution in [-0.2, 0) is 9.59 Å². The molecule has 0 heterocycles. The number of hydrogen-bond donors (Lipinski definition) is 3. The molecule has 0 aliphatic rings. The van der Waals surface area contributed by atoms with Gasteiger partial charge >= 0.3 is 0 Å². The van der Waals surface area contributed by atoms with Crippen LogP contribution < -0.4 is 21.5 Å². The van der Waals surface area contributed by atoms with Crippen LogP contribution in [0.1, 0.15) is 26.7 Å². The second-order valence-corrected chi connectivity index (χ2v) is 4.96. The lowest BCUT2D eigenvalue weighted by Gasteiger charge is -2.19. The van der Waals surface area contributed by atoms with Gasteiger partial charge in [-0.15, -0.1) is 0 Å². The van der Waals surface area contributed by atoms with Gasteiger partial charge in [-0.3, -0.25) is 9.59 Å². The molecule has 0 spiro atoms. The lowest BCUT2D eigenvalue weighted by Crippen LogP contribution is -2.40. The normalized spacial score (nSPS) is 13.3. The summed E-state index contributed by atoms with van der Waals surface area (Å²) in [4.78, 5) is 22.8. The van der Waals surface area contributed by atoms with Gasteiger partial charge in [0.05, 0.1) is 24.8 Å². The Morgan fingerprint density at radius 1 is 1.33 bits per heavy atom. The molecule has 2 atom stereocenters. The van der Waals surface area contributed by atoms with Crippen LogP contribution in [0.4, 0.5) is 5.69 Å². The first-order valence-corrected chi connectivity index (χ1v) is 7.02. The number of nitrogens with two attached hydrogens (primary N) is 2. The minimum Gasteiger partial charge on any atom is -0.491 e. The number of ether oxygens (including phenoxy) is 1. The summed E-state index contributed by atoms with van der Waals surface area (Å²) < 4.78 is 5.46. The van der Waals surface area contributed by atoms with Crippen LogP contribution in [0.15, 0.2) is 24.3 Å². The lowest BCUT2D eigenvalue weighted by atomic mass is 9.99. The van der Waals surface area contributed by atoms with E-state index >= 15 is 0 Å². The van der Waals surface area contributed by atoms with Crippen molar-refractivity contribution in [2.24, 2.45) is 17.4 Å². The zero-order valence-corrected chi connectivity index (χ0v) is 12.5. The molecule has 0 saturated carbocycles. The van der Waals surface area contributed by atoms with Crippen LogP contribution in [0, 0.1) is 5.92 Å². The van der Waals surface area contributed by atoms with Gasteiger partial charge in [-0.05, 0) is 18.1 Å². The van der Waals surface area contributed by atoms with Gasteiger partial charge in [0.25, 0.3) is 0 Å². The second kappa shape index (κ2) is 8.26. The van der Waals surface area contributed by atoms with Gasteiger partial charge in [-0.2, -0.15) is 0 Å². The Labute approximate surface area is 124 Å². The SMILES string of the molecule is CCC(C)C(N)C(=O)Nc1ccccc1OCCC(N)=O. The number of amides is 2. The number of nitrogens with one attached hydrogen (secondary N) is 1. The van der Waals surface area contributed by atoms with Gasteiger partial charge in [0.2, 0.25) is 11.8 Å². The Balaban J connectivity index is 2.70. The Morgan fingerprint density at radius 3 is 2.62 bits per heavy atom. The molecule has 0 aromatic heterocycles. The highest BCUT2D eigenvalue weighted by atomic mass is 16.5. The van der Waals surface area contributed by atoms with E-state index in [1.165, 1.54) is 0 Å². The zero-order valence-electron chi connectivity index (χ0n) is 12.5. The highest BCUT2D eigenvalue weighted by Gasteiger charge is 2.20. The minimum absolute atomic E-state index is 0.0907. The third kappa shape index (κ3) is 5.43. The van der Waals surface area contributed by atoms with E-state index in [2.05, 4.69) is 5.32 Å². The van der Waals surface area contributed by atoms with Crippen molar-refractivity contribution in [1.82, 2.24) is 0 Å². The first kappa shape index (κ1) is 17.0. The number of anilines is 1. The number of para-hydroxylation sites is 2. The van der Waals surface area contributed by atoms with E-state index in [1.807, 2.05) is 13.8 Å². The van der Waals surface area contributed by atoms with Crippen LogP contribution in [0.5, 0.6) is 5.75 Å². The lowest BCUT2D eigenvalue weighted by molar-refractivity contribution is -0.119. The van der Waals surface area contributed by atoms with Gasteiger partial charge in [0.15, 0.2) is 0 Å². The maximum atomic E-state index is 12.1. The predicted octanol–water partition coefficient (Wildman–Crippen LogP) is 1.25. The van der Waals surface area contributed by atoms with E-state index in [4.69, 9.17) is 16.2 Å². The summed E-state index contributed by atoms with van der Waals surface area (Å²) in [5.41, 5.74) is 11.5. The monoisotopic (exact) mass is 293 g/mol. The molecule has 1 aromatic rings. The van der Waals surface area contributed by atoms with Crippen molar-refractivity contribution < 1.29 is 14.3 Å². The summed E-state index contributed by atoms with van der Waals surface area (Å²) in [7, 11) is 0. The van der Waals surface area contributed by atoms with Crippen molar-refractivity contribution in [2.45, 2.75) is 32.7 Å². The van der Waals surface area contributed by atoms with E-state index < -0.39 is 11.9 Å². The maximum absolute atomic E-state index is 12.1. The van der Waals surface area contributed by atoms with Gasteiger partial charge < -0.3 is 21.5 Å². The summed E-state index contributed by atoms with van der Waals surface area (Å²) in [6.07, 6.45) is 0.944. The molecule has 2 amide bonds. The number of carbonyl (C=O) groups excluding carboxylic acids is 2. The molecule has 1 aromatic carbocycles. The Morgan fingerprint density at radius 2 is 2.00 bits per heavy atom. The summed E-state index contributed by atoms with van der Waals surface area (Å²) in [5.74, 6) is -0.109. The summed E-state index contributed by atoms with van der Waals surface area (Å²) >= 11 is 0. The molecule has 0 radical (unpaired) electrons. The fourth-order valence-electron chi connectivity index (χ4n) is 1.69. The third-order valence-electron chi connectivity index (χ3n) is 3.31. The zero-order chi connectivity index (χ0) is 15.8. The number of rotatable bonds is 8. The molecule has 6 nitrogen and oxygen atoms in total. The smallest absolute Gasteiger partial charge is 0.241 e. The Kier molecular flexibility index (Phi) is 6.68. The Bertz CT molecular complexity index is 491. The minimum atomic E-state index is -0.575. The molecule has 0 bridgehead atoms. The quantitative estimate of drug-likeness (QED) is 0.670. The fraction of sp³-hybridized carbons (Fsp3) is 0.467. The molecule has 0 aliphatic carbocycles. The van der Waals surface area contributed by atoms with Crippen molar-refractivity contribution in [3.8, 4) is 5.75 Å². The summed E-state index contributed by atoms with van der Waals surface area (Å²) in [5, 5.41) is 2.76. The number of benzene rings is 1. The molecule has 0 fully saturated rings. The van der Waals surface area contributed by atoms with Crippen molar-refractivity contribution in [1.29, 1.82) is 0 Å². The highest BCUT2D eigenvalue weighted by molar-refractivity contribution is 5.96. The van der Waals surface area contributed by atoms with E-state index in [9.17, 15) is 9.59 Å². The van der Waals surface area contributed by atoms with Crippen LogP contribution in [0.2, 0.25) is 0 Å². The van der Waals surface area contributed by atoms with E-state index in [0.29, 0.717) is 11.4 Å². The van der Waals surface area contributed by atoms with Crippen molar-refractivity contribution in [3.63, 3.8) is 0 Å². The second-order valence-electron chi connectivity index (χ2n) is 4.96. The first-order chi connectivity index (χ1) is 9.95. The molecule has 0 saturated heterocycles. The van der Waals surface area contributed by atoms with Gasteiger partial charge in [0.1, 0.15) is 5.75 Å². The molecular weight excluding hydrogens is 270 g/mol. The van der Waals surface area contributed by atoms with E-state index in [1.54, 1.807) is 24.3 Å². The predicted molar refractivity (Wildman–Crippen MR) is 81.8 cm³/mol. The average Bonchev–Trinajstić information content (AvgIpc) is 2.47. The van der Waals surface area contributed by atoms with Gasteiger partial charge in [-0.1, -0.05) is 32.4 Å². The molecule has 21 heavy (non-hydrogen) atoms.